The summed E-state index contributed by atoms with van der Waals surface area (Å²) in [4.78, 5) is 15.6. The van der Waals surface area contributed by atoms with E-state index in [0.717, 1.165) is 5.56 Å². The second-order valence-corrected chi connectivity index (χ2v) is 2.39. The molecule has 1 aliphatic heterocycles. The zero-order chi connectivity index (χ0) is 8.55. The Labute approximate surface area is 67.2 Å². The molecule has 0 aromatic carbocycles. The van der Waals surface area contributed by atoms with E-state index in [0.29, 0.717) is 5.69 Å². The normalized spacial score (nSPS) is 21.4. The van der Waals surface area contributed by atoms with Crippen molar-refractivity contribution >= 4 is 5.91 Å². The summed E-state index contributed by atoms with van der Waals surface area (Å²) in [5, 5.41) is 9.94. The van der Waals surface area contributed by atoms with Crippen LogP contribution in [0.25, 0.3) is 0 Å². The van der Waals surface area contributed by atoms with Crippen LogP contribution in [0.1, 0.15) is 17.4 Å². The number of nitrogens with zero attached hydrogens (tertiary/aromatic N) is 3. The molecule has 0 bridgehead atoms. The Balaban J connectivity index is 2.32. The number of amides is 1. The van der Waals surface area contributed by atoms with Gasteiger partial charge in [0.2, 0.25) is 0 Å². The molecule has 6 nitrogen and oxygen atoms in total. The van der Waals surface area contributed by atoms with Crippen LogP contribution in [0, 0.1) is 6.92 Å². The Hall–Kier alpha value is -1.72. The van der Waals surface area contributed by atoms with E-state index < -0.39 is 12.0 Å². The van der Waals surface area contributed by atoms with Crippen molar-refractivity contribution in [2.75, 3.05) is 0 Å². The van der Waals surface area contributed by atoms with Gasteiger partial charge in [0.25, 0.3) is 6.10 Å². The van der Waals surface area contributed by atoms with Crippen LogP contribution >= 0.6 is 0 Å². The Morgan fingerprint density at radius 1 is 1.58 bits per heavy atom. The first-order valence-electron chi connectivity index (χ1n) is 3.30. The summed E-state index contributed by atoms with van der Waals surface area (Å²) in [7, 11) is 0. The van der Waals surface area contributed by atoms with Crippen molar-refractivity contribution in [2.24, 2.45) is 10.4 Å². The van der Waals surface area contributed by atoms with Gasteiger partial charge in [0, 0.05) is 10.8 Å². The Kier molecular flexibility index (Phi) is 1.39. The molecule has 62 valence electrons. The van der Waals surface area contributed by atoms with Crippen molar-refractivity contribution in [3.63, 3.8) is 0 Å². The van der Waals surface area contributed by atoms with E-state index in [2.05, 4.69) is 24.9 Å². The summed E-state index contributed by atoms with van der Waals surface area (Å²) in [6.45, 7) is 1.76. The lowest BCUT2D eigenvalue weighted by molar-refractivity contribution is -0.124. The molecular weight excluding hydrogens is 162 g/mol. The van der Waals surface area contributed by atoms with E-state index in [1.54, 1.807) is 6.92 Å². The lowest BCUT2D eigenvalue weighted by atomic mass is 10.2. The highest BCUT2D eigenvalue weighted by Gasteiger charge is 2.31. The number of hydrogen-bond donors (Lipinski definition) is 0. The first-order chi connectivity index (χ1) is 5.79. The third kappa shape index (κ3) is 0.884. The van der Waals surface area contributed by atoms with Gasteiger partial charge in [-0.3, -0.25) is 4.79 Å². The quantitative estimate of drug-likeness (QED) is 0.623. The first-order valence-corrected chi connectivity index (χ1v) is 3.30. The van der Waals surface area contributed by atoms with E-state index in [1.807, 2.05) is 0 Å². The molecule has 1 aromatic rings. The third-order valence-electron chi connectivity index (χ3n) is 1.55. The lowest BCUT2D eigenvalue weighted by Gasteiger charge is -1.99. The fourth-order valence-electron chi connectivity index (χ4n) is 0.925. The van der Waals surface area contributed by atoms with Gasteiger partial charge in [-0.1, -0.05) is 10.3 Å². The van der Waals surface area contributed by atoms with Gasteiger partial charge in [-0.05, 0) is 6.92 Å². The largest absolute Gasteiger partial charge is 0.364 e. The molecule has 2 rings (SSSR count). The van der Waals surface area contributed by atoms with E-state index in [4.69, 9.17) is 0 Å². The van der Waals surface area contributed by atoms with Crippen LogP contribution in [-0.4, -0.2) is 11.1 Å². The molecule has 1 aliphatic rings. The summed E-state index contributed by atoms with van der Waals surface area (Å²) in [5.74, 6) is -0.452. The number of carbonyl (C=O) groups is 1. The topological polar surface area (TPSA) is 77.1 Å². The van der Waals surface area contributed by atoms with Gasteiger partial charge >= 0.3 is 5.91 Å². The molecule has 1 amide bonds. The molecule has 12 heavy (non-hydrogen) atoms. The van der Waals surface area contributed by atoms with Gasteiger partial charge in [-0.25, -0.2) is 0 Å². The molecular formula is C6H5N3O3. The molecule has 1 aromatic heterocycles. The predicted octanol–water partition coefficient (Wildman–Crippen LogP) is 0.948. The molecule has 0 N–H and O–H groups in total. The van der Waals surface area contributed by atoms with E-state index >= 15 is 0 Å². The molecule has 0 saturated carbocycles. The summed E-state index contributed by atoms with van der Waals surface area (Å²) in [5.41, 5.74) is 1.19. The monoisotopic (exact) mass is 167 g/mol. The van der Waals surface area contributed by atoms with Gasteiger partial charge in [0.15, 0.2) is 0 Å². The van der Waals surface area contributed by atoms with Crippen molar-refractivity contribution in [1.29, 1.82) is 0 Å². The SMILES string of the molecule is Cc1conc1C1ON=NC1=O. The van der Waals surface area contributed by atoms with Crippen LogP contribution in [0.15, 0.2) is 21.2 Å². The van der Waals surface area contributed by atoms with Gasteiger partial charge in [0.1, 0.15) is 12.0 Å². The third-order valence-corrected chi connectivity index (χ3v) is 1.55. The Morgan fingerprint density at radius 2 is 2.42 bits per heavy atom. The molecule has 2 heterocycles. The smallest absolute Gasteiger partial charge is 0.317 e. The summed E-state index contributed by atoms with van der Waals surface area (Å²) in [6.07, 6.45) is 0.619. The molecule has 0 spiro atoms. The first kappa shape index (κ1) is 6.96. The van der Waals surface area contributed by atoms with Crippen molar-refractivity contribution in [1.82, 2.24) is 5.16 Å². The minimum Gasteiger partial charge on any atom is -0.364 e. The summed E-state index contributed by atoms with van der Waals surface area (Å²) in [6, 6.07) is 0. The van der Waals surface area contributed by atoms with E-state index in [9.17, 15) is 4.79 Å². The van der Waals surface area contributed by atoms with Crippen molar-refractivity contribution in [2.45, 2.75) is 13.0 Å². The highest BCUT2D eigenvalue weighted by Crippen LogP contribution is 2.24. The predicted molar refractivity (Wildman–Crippen MR) is 34.9 cm³/mol. The van der Waals surface area contributed by atoms with E-state index in [1.165, 1.54) is 6.26 Å². The van der Waals surface area contributed by atoms with Gasteiger partial charge < -0.3 is 9.36 Å². The van der Waals surface area contributed by atoms with Gasteiger partial charge in [-0.15, -0.1) is 0 Å². The van der Waals surface area contributed by atoms with Crippen LogP contribution in [0.3, 0.4) is 0 Å². The molecule has 0 radical (unpaired) electrons. The van der Waals surface area contributed by atoms with Crippen LogP contribution < -0.4 is 0 Å². The number of aromatic nitrogens is 1. The minimum absolute atomic E-state index is 0.435. The average molecular weight is 167 g/mol. The van der Waals surface area contributed by atoms with Gasteiger partial charge in [-0.2, -0.15) is 0 Å². The standard InChI is InChI=1S/C6H5N3O3/c1-3-2-11-8-4(3)5-6(10)7-9-12-5/h2,5H,1H3. The summed E-state index contributed by atoms with van der Waals surface area (Å²) >= 11 is 0. The van der Waals surface area contributed by atoms with Crippen LogP contribution in [0.2, 0.25) is 0 Å². The maximum Gasteiger partial charge on any atom is 0.317 e. The number of hydrogen-bond acceptors (Lipinski definition) is 5. The minimum atomic E-state index is -0.816. The number of rotatable bonds is 1. The number of carbonyl (C=O) groups excluding carboxylic acids is 1. The average Bonchev–Trinajstić information content (AvgIpc) is 2.59. The molecule has 0 saturated heterocycles. The zero-order valence-corrected chi connectivity index (χ0v) is 6.22. The molecule has 0 fully saturated rings. The highest BCUT2D eigenvalue weighted by molar-refractivity contribution is 5.83. The van der Waals surface area contributed by atoms with Crippen molar-refractivity contribution in [3.8, 4) is 0 Å². The van der Waals surface area contributed by atoms with Gasteiger partial charge in [0.05, 0.1) is 0 Å². The fraction of sp³-hybridized carbons (Fsp3) is 0.333. The van der Waals surface area contributed by atoms with Crippen LogP contribution in [-0.2, 0) is 9.63 Å². The van der Waals surface area contributed by atoms with Crippen molar-refractivity contribution in [3.05, 3.63) is 17.5 Å². The maximum absolute atomic E-state index is 11.0. The highest BCUT2D eigenvalue weighted by atomic mass is 16.7. The van der Waals surface area contributed by atoms with Crippen molar-refractivity contribution < 1.29 is 14.2 Å². The van der Waals surface area contributed by atoms with Crippen LogP contribution in [0.5, 0.6) is 0 Å². The second-order valence-electron chi connectivity index (χ2n) is 2.39. The fourth-order valence-corrected chi connectivity index (χ4v) is 0.925. The van der Waals surface area contributed by atoms with E-state index in [-0.39, 0.29) is 0 Å². The lowest BCUT2D eigenvalue weighted by Crippen LogP contribution is -2.07. The number of aryl methyl sites for hydroxylation is 1. The molecule has 6 heteroatoms. The molecule has 0 aliphatic carbocycles. The molecule has 1 unspecified atom stereocenters. The summed E-state index contributed by atoms with van der Waals surface area (Å²) < 4.78 is 4.64. The second kappa shape index (κ2) is 2.40. The Morgan fingerprint density at radius 3 is 2.92 bits per heavy atom. The van der Waals surface area contributed by atoms with Crippen LogP contribution in [0.4, 0.5) is 0 Å². The zero-order valence-electron chi connectivity index (χ0n) is 6.22. The molecule has 1 atom stereocenters. The Bertz CT molecular complexity index is 344. The maximum atomic E-state index is 11.0.